The molecule has 2 rings (SSSR count). The highest BCUT2D eigenvalue weighted by atomic mass is 35.5. The fourth-order valence-electron chi connectivity index (χ4n) is 3.03. The molecule has 2 aromatic rings. The summed E-state index contributed by atoms with van der Waals surface area (Å²) in [4.78, 5) is 26.6. The molecule has 0 aromatic heterocycles. The number of likely N-dealkylation sites (N-methyl/N-ethyl adjacent to an activating group) is 1. The summed E-state index contributed by atoms with van der Waals surface area (Å²) >= 11 is 6.12. The molecule has 1 N–H and O–H groups in total. The Balaban J connectivity index is 2.42. The van der Waals surface area contributed by atoms with Gasteiger partial charge in [0.1, 0.15) is 24.2 Å². The third-order valence-electron chi connectivity index (χ3n) is 4.81. The summed E-state index contributed by atoms with van der Waals surface area (Å²) in [6.07, 6.45) is 0.946. The molecule has 0 saturated carbocycles. The van der Waals surface area contributed by atoms with Crippen molar-refractivity contribution in [2.75, 3.05) is 31.3 Å². The first kappa shape index (κ1) is 25.4. The summed E-state index contributed by atoms with van der Waals surface area (Å²) < 4.78 is 45.1. The first-order chi connectivity index (χ1) is 15.0. The summed E-state index contributed by atoms with van der Waals surface area (Å²) in [7, 11) is -1.08. The Morgan fingerprint density at radius 2 is 1.88 bits per heavy atom. The zero-order chi connectivity index (χ0) is 24.1. The van der Waals surface area contributed by atoms with Crippen LogP contribution in [0.3, 0.4) is 0 Å². The lowest BCUT2D eigenvalue weighted by Gasteiger charge is -2.31. The number of anilines is 1. The van der Waals surface area contributed by atoms with Gasteiger partial charge in [-0.15, -0.1) is 0 Å². The maximum Gasteiger partial charge on any atom is 0.244 e. The first-order valence-corrected chi connectivity index (χ1v) is 11.8. The SMILES string of the molecule is CNC(=O)C(C)N(Cc1ccccc1F)C(=O)CN(c1ccc(OC)c(Cl)c1)S(C)(=O)=O. The van der Waals surface area contributed by atoms with Gasteiger partial charge >= 0.3 is 0 Å². The van der Waals surface area contributed by atoms with Gasteiger partial charge in [-0.3, -0.25) is 13.9 Å². The zero-order valence-corrected chi connectivity index (χ0v) is 19.7. The Morgan fingerprint density at radius 3 is 2.41 bits per heavy atom. The fourth-order valence-corrected chi connectivity index (χ4v) is 4.12. The Hall–Kier alpha value is -2.85. The zero-order valence-electron chi connectivity index (χ0n) is 18.1. The van der Waals surface area contributed by atoms with Gasteiger partial charge in [0.15, 0.2) is 0 Å². The van der Waals surface area contributed by atoms with Gasteiger partial charge in [-0.1, -0.05) is 29.8 Å². The molecule has 0 aliphatic rings. The molecule has 0 fully saturated rings. The lowest BCUT2D eigenvalue weighted by molar-refractivity contribution is -0.139. The van der Waals surface area contributed by atoms with Gasteiger partial charge in [-0.05, 0) is 31.2 Å². The number of halogens is 2. The van der Waals surface area contributed by atoms with Crippen molar-refractivity contribution < 1.29 is 27.1 Å². The van der Waals surface area contributed by atoms with Crippen LogP contribution in [0.5, 0.6) is 5.75 Å². The molecular weight excluding hydrogens is 461 g/mol. The van der Waals surface area contributed by atoms with Gasteiger partial charge in [0, 0.05) is 19.2 Å². The van der Waals surface area contributed by atoms with Gasteiger partial charge in [0.25, 0.3) is 0 Å². The standard InChI is InChI=1S/C21H25ClFN3O5S/c1-14(21(28)24-2)25(12-15-7-5-6-8-18(15)23)20(27)13-26(32(4,29)30)16-9-10-19(31-3)17(22)11-16/h5-11,14H,12-13H2,1-4H3,(H,24,28). The third kappa shape index (κ3) is 6.10. The molecule has 2 amide bonds. The quantitative estimate of drug-likeness (QED) is 0.588. The molecular formula is C21H25ClFN3O5S. The first-order valence-electron chi connectivity index (χ1n) is 9.55. The van der Waals surface area contributed by atoms with E-state index in [-0.39, 0.29) is 22.8 Å². The lowest BCUT2D eigenvalue weighted by atomic mass is 10.1. The predicted octanol–water partition coefficient (Wildman–Crippen LogP) is 2.42. The number of sulfonamides is 1. The summed E-state index contributed by atoms with van der Waals surface area (Å²) in [6, 6.07) is 9.15. The van der Waals surface area contributed by atoms with Crippen molar-refractivity contribution in [1.82, 2.24) is 10.2 Å². The third-order valence-corrected chi connectivity index (χ3v) is 6.25. The maximum atomic E-state index is 14.2. The van der Waals surface area contributed by atoms with Crippen LogP contribution in [0.1, 0.15) is 12.5 Å². The number of amides is 2. The van der Waals surface area contributed by atoms with Crippen molar-refractivity contribution in [1.29, 1.82) is 0 Å². The van der Waals surface area contributed by atoms with Crippen molar-refractivity contribution in [2.45, 2.75) is 19.5 Å². The number of carbonyl (C=O) groups is 2. The number of rotatable bonds is 9. The molecule has 0 saturated heterocycles. The van der Waals surface area contributed by atoms with E-state index < -0.39 is 40.2 Å². The molecule has 0 aliphatic carbocycles. The van der Waals surface area contributed by atoms with Crippen LogP contribution in [-0.2, 0) is 26.2 Å². The minimum absolute atomic E-state index is 0.144. The highest BCUT2D eigenvalue weighted by Crippen LogP contribution is 2.30. The van der Waals surface area contributed by atoms with Crippen LogP contribution in [0.2, 0.25) is 5.02 Å². The van der Waals surface area contributed by atoms with Crippen LogP contribution < -0.4 is 14.4 Å². The number of hydrogen-bond acceptors (Lipinski definition) is 5. The summed E-state index contributed by atoms with van der Waals surface area (Å²) in [5.74, 6) is -1.38. The van der Waals surface area contributed by atoms with Gasteiger partial charge in [0.2, 0.25) is 21.8 Å². The maximum absolute atomic E-state index is 14.2. The van der Waals surface area contributed by atoms with Crippen molar-refractivity contribution >= 4 is 39.1 Å². The second-order valence-corrected chi connectivity index (χ2v) is 9.31. The monoisotopic (exact) mass is 485 g/mol. The lowest BCUT2D eigenvalue weighted by Crippen LogP contribution is -2.50. The Morgan fingerprint density at radius 1 is 1.22 bits per heavy atom. The molecule has 0 heterocycles. The Bertz CT molecular complexity index is 1100. The fraction of sp³-hybridized carbons (Fsp3) is 0.333. The van der Waals surface area contributed by atoms with Crippen molar-refractivity contribution in [3.8, 4) is 5.75 Å². The van der Waals surface area contributed by atoms with Crippen LogP contribution in [0.4, 0.5) is 10.1 Å². The normalized spacial score (nSPS) is 12.1. The van der Waals surface area contributed by atoms with E-state index in [9.17, 15) is 22.4 Å². The minimum Gasteiger partial charge on any atom is -0.495 e. The van der Waals surface area contributed by atoms with E-state index in [1.165, 1.54) is 57.5 Å². The topological polar surface area (TPSA) is 96.0 Å². The molecule has 1 unspecified atom stereocenters. The van der Waals surface area contributed by atoms with Gasteiger partial charge in [0.05, 0.1) is 24.1 Å². The van der Waals surface area contributed by atoms with Gasteiger partial charge in [-0.2, -0.15) is 0 Å². The van der Waals surface area contributed by atoms with Crippen LogP contribution in [0.25, 0.3) is 0 Å². The number of nitrogens with one attached hydrogen (secondary N) is 1. The molecule has 0 radical (unpaired) electrons. The second kappa shape index (κ2) is 10.6. The molecule has 1 atom stereocenters. The summed E-state index contributed by atoms with van der Waals surface area (Å²) in [5, 5.41) is 2.61. The van der Waals surface area contributed by atoms with Gasteiger partial charge < -0.3 is 15.0 Å². The molecule has 11 heteroatoms. The van der Waals surface area contributed by atoms with E-state index in [1.807, 2.05) is 0 Å². The molecule has 2 aromatic carbocycles. The number of ether oxygens (including phenoxy) is 1. The summed E-state index contributed by atoms with van der Waals surface area (Å²) in [5.41, 5.74) is 0.333. The van der Waals surface area contributed by atoms with Crippen LogP contribution >= 0.6 is 11.6 Å². The van der Waals surface area contributed by atoms with E-state index in [0.717, 1.165) is 15.5 Å². The number of benzene rings is 2. The summed E-state index contributed by atoms with van der Waals surface area (Å²) in [6.45, 7) is 0.644. The number of hydrogen-bond donors (Lipinski definition) is 1. The predicted molar refractivity (Wildman–Crippen MR) is 121 cm³/mol. The van der Waals surface area contributed by atoms with E-state index >= 15 is 0 Å². The highest BCUT2D eigenvalue weighted by Gasteiger charge is 2.30. The molecule has 8 nitrogen and oxygen atoms in total. The smallest absolute Gasteiger partial charge is 0.244 e. The molecule has 0 bridgehead atoms. The Labute approximate surface area is 192 Å². The van der Waals surface area contributed by atoms with Crippen LogP contribution in [-0.4, -0.2) is 58.1 Å². The number of methoxy groups -OCH3 is 1. The number of carbonyl (C=O) groups excluding carboxylic acids is 2. The van der Waals surface area contributed by atoms with E-state index in [0.29, 0.717) is 5.75 Å². The second-order valence-electron chi connectivity index (χ2n) is 6.99. The van der Waals surface area contributed by atoms with Crippen molar-refractivity contribution in [2.24, 2.45) is 0 Å². The largest absolute Gasteiger partial charge is 0.495 e. The van der Waals surface area contributed by atoms with Crippen molar-refractivity contribution in [3.63, 3.8) is 0 Å². The van der Waals surface area contributed by atoms with Crippen LogP contribution in [0.15, 0.2) is 42.5 Å². The molecule has 0 aliphatic heterocycles. The highest BCUT2D eigenvalue weighted by molar-refractivity contribution is 7.92. The molecule has 32 heavy (non-hydrogen) atoms. The molecule has 174 valence electrons. The van der Waals surface area contributed by atoms with E-state index in [4.69, 9.17) is 16.3 Å². The average molecular weight is 486 g/mol. The Kier molecular flexibility index (Phi) is 8.45. The van der Waals surface area contributed by atoms with E-state index in [2.05, 4.69) is 5.32 Å². The molecule has 0 spiro atoms. The minimum atomic E-state index is -3.90. The average Bonchev–Trinajstić information content (AvgIpc) is 2.74. The van der Waals surface area contributed by atoms with E-state index in [1.54, 1.807) is 6.07 Å². The number of nitrogens with zero attached hydrogens (tertiary/aromatic N) is 2. The van der Waals surface area contributed by atoms with Crippen LogP contribution in [0, 0.1) is 5.82 Å². The van der Waals surface area contributed by atoms with Crippen molar-refractivity contribution in [3.05, 3.63) is 58.9 Å². The van der Waals surface area contributed by atoms with Gasteiger partial charge in [-0.25, -0.2) is 12.8 Å².